The van der Waals surface area contributed by atoms with Gasteiger partial charge in [0.15, 0.2) is 5.16 Å². The maximum atomic E-state index is 12.4. The van der Waals surface area contributed by atoms with Crippen LogP contribution in [-0.4, -0.2) is 15.3 Å². The van der Waals surface area contributed by atoms with Crippen molar-refractivity contribution < 1.29 is 0 Å². The first-order valence-corrected chi connectivity index (χ1v) is 9.53. The van der Waals surface area contributed by atoms with E-state index in [0.29, 0.717) is 0 Å². The molecule has 0 unspecified atom stereocenters. The Bertz CT molecular complexity index is 944. The van der Waals surface area contributed by atoms with Gasteiger partial charge in [0.05, 0.1) is 10.6 Å². The van der Waals surface area contributed by atoms with Gasteiger partial charge in [-0.15, -0.1) is 11.8 Å². The van der Waals surface area contributed by atoms with E-state index in [4.69, 9.17) is 4.98 Å². The van der Waals surface area contributed by atoms with Crippen LogP contribution in [0, 0.1) is 0 Å². The fraction of sp³-hybridized carbons (Fsp3) is 0.222. The van der Waals surface area contributed by atoms with E-state index in [2.05, 4.69) is 42.5 Å². The molecular weight excluding hydrogens is 324 g/mol. The van der Waals surface area contributed by atoms with Crippen molar-refractivity contribution in [1.82, 2.24) is 9.55 Å². The zero-order valence-corrected chi connectivity index (χ0v) is 14.4. The Morgan fingerprint density at radius 1 is 1.22 bits per heavy atom. The number of rotatable bonds is 3. The third-order valence-electron chi connectivity index (χ3n) is 4.10. The third kappa shape index (κ3) is 2.68. The average Bonchev–Trinajstić information content (AvgIpc) is 3.05. The Balaban J connectivity index is 1.67. The van der Waals surface area contributed by atoms with Gasteiger partial charge in [0.25, 0.3) is 5.56 Å². The maximum absolute atomic E-state index is 12.4. The Hall–Kier alpha value is -1.72. The second kappa shape index (κ2) is 6.06. The monoisotopic (exact) mass is 340 g/mol. The number of thioether (sulfide) groups is 2. The van der Waals surface area contributed by atoms with E-state index in [9.17, 15) is 4.79 Å². The third-order valence-corrected chi connectivity index (χ3v) is 6.29. The van der Waals surface area contributed by atoms with E-state index < -0.39 is 0 Å². The summed E-state index contributed by atoms with van der Waals surface area (Å²) in [5.74, 6) is 1.78. The van der Waals surface area contributed by atoms with Crippen LogP contribution in [0.15, 0.2) is 57.3 Å². The largest absolute Gasteiger partial charge is 0.290 e. The van der Waals surface area contributed by atoms with Gasteiger partial charge in [0, 0.05) is 25.0 Å². The number of nitrogens with zero attached hydrogens (tertiary/aromatic N) is 2. The summed E-state index contributed by atoms with van der Waals surface area (Å²) in [5, 5.41) is 3.33. The van der Waals surface area contributed by atoms with E-state index in [1.807, 2.05) is 7.05 Å². The van der Waals surface area contributed by atoms with Crippen molar-refractivity contribution in [2.75, 3.05) is 5.75 Å². The molecule has 0 aliphatic carbocycles. The fourth-order valence-electron chi connectivity index (χ4n) is 2.86. The molecule has 3 nitrogen and oxygen atoms in total. The van der Waals surface area contributed by atoms with Gasteiger partial charge in [-0.05, 0) is 16.3 Å². The first kappa shape index (κ1) is 14.8. The van der Waals surface area contributed by atoms with Crippen LogP contribution in [-0.2, 0) is 19.2 Å². The predicted octanol–water partition coefficient (Wildman–Crippen LogP) is 3.87. The lowest BCUT2D eigenvalue weighted by atomic mass is 10.1. The van der Waals surface area contributed by atoms with E-state index in [-0.39, 0.29) is 5.56 Å². The number of hydrogen-bond acceptors (Lipinski definition) is 4. The Morgan fingerprint density at radius 2 is 2.04 bits per heavy atom. The average molecular weight is 340 g/mol. The molecule has 2 heterocycles. The second-order valence-corrected chi connectivity index (χ2v) is 7.61. The van der Waals surface area contributed by atoms with Crippen LogP contribution in [0.2, 0.25) is 0 Å². The van der Waals surface area contributed by atoms with Crippen LogP contribution >= 0.6 is 23.5 Å². The van der Waals surface area contributed by atoms with Gasteiger partial charge in [-0.3, -0.25) is 9.36 Å². The van der Waals surface area contributed by atoms with Crippen LogP contribution < -0.4 is 5.56 Å². The summed E-state index contributed by atoms with van der Waals surface area (Å²) in [6.45, 7) is 0. The molecule has 0 saturated carbocycles. The minimum absolute atomic E-state index is 0.0953. The van der Waals surface area contributed by atoms with Crippen LogP contribution in [0.5, 0.6) is 0 Å². The van der Waals surface area contributed by atoms with Crippen LogP contribution in [0.25, 0.3) is 10.8 Å². The Kier molecular flexibility index (Phi) is 3.91. The number of fused-ring (bicyclic) bond motifs is 2. The van der Waals surface area contributed by atoms with Gasteiger partial charge in [-0.1, -0.05) is 54.2 Å². The minimum Gasteiger partial charge on any atom is -0.290 e. The fourth-order valence-corrected chi connectivity index (χ4v) is 4.92. The zero-order chi connectivity index (χ0) is 15.8. The summed E-state index contributed by atoms with van der Waals surface area (Å²) in [4.78, 5) is 17.9. The lowest BCUT2D eigenvalue weighted by Crippen LogP contribution is -2.22. The van der Waals surface area contributed by atoms with E-state index >= 15 is 0 Å². The van der Waals surface area contributed by atoms with Gasteiger partial charge in [0.2, 0.25) is 0 Å². The van der Waals surface area contributed by atoms with Gasteiger partial charge >= 0.3 is 0 Å². The summed E-state index contributed by atoms with van der Waals surface area (Å²) < 4.78 is 1.69. The standard InChI is InChI=1S/C18H16N2OS2/c1-20-17(21)16-15(9-10-22-16)19-18(20)23-11-13-7-4-6-12-5-2-3-8-14(12)13/h2-8H,9-11H2,1H3. The van der Waals surface area contributed by atoms with Crippen molar-refractivity contribution in [1.29, 1.82) is 0 Å². The predicted molar refractivity (Wildman–Crippen MR) is 97.4 cm³/mol. The van der Waals surface area contributed by atoms with Gasteiger partial charge in [-0.2, -0.15) is 0 Å². The van der Waals surface area contributed by atoms with Crippen molar-refractivity contribution in [3.05, 3.63) is 64.1 Å². The maximum Gasteiger partial charge on any atom is 0.267 e. The smallest absolute Gasteiger partial charge is 0.267 e. The van der Waals surface area contributed by atoms with Crippen LogP contribution in [0.4, 0.5) is 0 Å². The highest BCUT2D eigenvalue weighted by Crippen LogP contribution is 2.30. The molecule has 1 aromatic heterocycles. The van der Waals surface area contributed by atoms with E-state index in [1.165, 1.54) is 16.3 Å². The Morgan fingerprint density at radius 3 is 2.96 bits per heavy atom. The van der Waals surface area contributed by atoms with Crippen molar-refractivity contribution in [2.45, 2.75) is 22.2 Å². The molecule has 0 spiro atoms. The molecule has 0 saturated heterocycles. The molecule has 0 atom stereocenters. The van der Waals surface area contributed by atoms with Gasteiger partial charge < -0.3 is 0 Å². The molecule has 0 radical (unpaired) electrons. The molecule has 4 rings (SSSR count). The zero-order valence-electron chi connectivity index (χ0n) is 12.8. The number of aryl methyl sites for hydroxylation is 1. The van der Waals surface area contributed by atoms with Crippen molar-refractivity contribution in [3.8, 4) is 0 Å². The SMILES string of the molecule is Cn1c(SCc2cccc3ccccc23)nc2c(c1=O)SCC2. The molecule has 0 amide bonds. The number of aromatic nitrogens is 2. The molecular formula is C18H16N2OS2. The molecule has 0 bridgehead atoms. The highest BCUT2D eigenvalue weighted by molar-refractivity contribution is 7.99. The van der Waals surface area contributed by atoms with Gasteiger partial charge in [-0.25, -0.2) is 4.98 Å². The Labute approximate surface area is 143 Å². The molecule has 0 N–H and O–H groups in total. The molecule has 1 aliphatic rings. The van der Waals surface area contributed by atoms with Crippen molar-refractivity contribution in [3.63, 3.8) is 0 Å². The summed E-state index contributed by atoms with van der Waals surface area (Å²) in [6.07, 6.45) is 0.901. The molecule has 5 heteroatoms. The van der Waals surface area contributed by atoms with Gasteiger partial charge in [0.1, 0.15) is 0 Å². The highest BCUT2D eigenvalue weighted by atomic mass is 32.2. The van der Waals surface area contributed by atoms with Crippen LogP contribution in [0.1, 0.15) is 11.3 Å². The molecule has 2 aromatic carbocycles. The summed E-state index contributed by atoms with van der Waals surface area (Å²) >= 11 is 3.27. The van der Waals surface area contributed by atoms with Crippen molar-refractivity contribution in [2.24, 2.45) is 7.05 Å². The first-order valence-electron chi connectivity index (χ1n) is 7.56. The minimum atomic E-state index is 0.0953. The molecule has 116 valence electrons. The summed E-state index contributed by atoms with van der Waals surface area (Å²) in [6, 6.07) is 14.8. The summed E-state index contributed by atoms with van der Waals surface area (Å²) in [7, 11) is 1.82. The lowest BCUT2D eigenvalue weighted by Gasteiger charge is -2.10. The second-order valence-electron chi connectivity index (χ2n) is 5.56. The quantitative estimate of drug-likeness (QED) is 0.535. The normalized spacial score (nSPS) is 13.4. The highest BCUT2D eigenvalue weighted by Gasteiger charge is 2.20. The number of benzene rings is 2. The molecule has 3 aromatic rings. The topological polar surface area (TPSA) is 34.9 Å². The first-order chi connectivity index (χ1) is 11.2. The summed E-state index contributed by atoms with van der Waals surface area (Å²) in [5.41, 5.74) is 2.34. The molecule has 0 fully saturated rings. The number of hydrogen-bond donors (Lipinski definition) is 0. The molecule has 23 heavy (non-hydrogen) atoms. The molecule has 1 aliphatic heterocycles. The lowest BCUT2D eigenvalue weighted by molar-refractivity contribution is 0.669. The van der Waals surface area contributed by atoms with E-state index in [1.54, 1.807) is 28.1 Å². The van der Waals surface area contributed by atoms with Crippen molar-refractivity contribution >= 4 is 34.3 Å². The van der Waals surface area contributed by atoms with Crippen LogP contribution in [0.3, 0.4) is 0 Å². The van der Waals surface area contributed by atoms with E-state index in [0.717, 1.165) is 33.7 Å².